The fourth-order valence-corrected chi connectivity index (χ4v) is 3.66. The summed E-state index contributed by atoms with van der Waals surface area (Å²) >= 11 is 0. The van der Waals surface area contributed by atoms with E-state index in [9.17, 15) is 9.59 Å². The minimum absolute atomic E-state index is 0.0909. The summed E-state index contributed by atoms with van der Waals surface area (Å²) in [6.45, 7) is 2.31. The molecular weight excluding hydrogens is 334 g/mol. The minimum Gasteiger partial charge on any atom is -0.493 e. The molecule has 2 aliphatic rings. The molecule has 1 aliphatic heterocycles. The summed E-state index contributed by atoms with van der Waals surface area (Å²) in [4.78, 5) is 23.5. The number of carboxylic acid groups (broad SMARTS) is 1. The summed E-state index contributed by atoms with van der Waals surface area (Å²) in [5.74, 6) is -0.190. The van der Waals surface area contributed by atoms with Crippen LogP contribution < -0.4 is 10.1 Å². The van der Waals surface area contributed by atoms with Crippen molar-refractivity contribution in [3.8, 4) is 5.75 Å². The zero-order valence-corrected chi connectivity index (χ0v) is 15.0. The van der Waals surface area contributed by atoms with E-state index in [2.05, 4.69) is 5.32 Å². The Morgan fingerprint density at radius 2 is 1.77 bits per heavy atom. The maximum absolute atomic E-state index is 12.4. The number of hydrogen-bond acceptors (Lipinski definition) is 4. The Balaban J connectivity index is 1.47. The molecule has 1 aromatic carbocycles. The van der Waals surface area contributed by atoms with E-state index >= 15 is 0 Å². The number of anilines is 1. The van der Waals surface area contributed by atoms with Crippen LogP contribution in [0.5, 0.6) is 5.75 Å². The van der Waals surface area contributed by atoms with Gasteiger partial charge in [-0.3, -0.25) is 9.59 Å². The van der Waals surface area contributed by atoms with E-state index in [0.717, 1.165) is 44.6 Å². The van der Waals surface area contributed by atoms with Crippen molar-refractivity contribution < 1.29 is 24.2 Å². The molecule has 6 heteroatoms. The van der Waals surface area contributed by atoms with E-state index < -0.39 is 11.9 Å². The van der Waals surface area contributed by atoms with Crippen molar-refractivity contribution in [2.24, 2.45) is 17.8 Å². The van der Waals surface area contributed by atoms with E-state index in [0.29, 0.717) is 31.1 Å². The molecule has 1 saturated carbocycles. The lowest BCUT2D eigenvalue weighted by Gasteiger charge is -2.25. The van der Waals surface area contributed by atoms with Gasteiger partial charge >= 0.3 is 5.97 Å². The second-order valence-corrected chi connectivity index (χ2v) is 7.28. The molecule has 1 saturated heterocycles. The Bertz CT molecular complexity index is 609. The minimum atomic E-state index is -0.798. The van der Waals surface area contributed by atoms with Crippen LogP contribution in [0.2, 0.25) is 0 Å². The van der Waals surface area contributed by atoms with Gasteiger partial charge in [-0.05, 0) is 62.3 Å². The van der Waals surface area contributed by atoms with Gasteiger partial charge in [-0.15, -0.1) is 0 Å². The maximum atomic E-state index is 12.4. The molecule has 0 aromatic heterocycles. The molecule has 0 spiro atoms. The van der Waals surface area contributed by atoms with E-state index in [1.807, 2.05) is 24.3 Å². The molecule has 2 fully saturated rings. The third-order valence-corrected chi connectivity index (χ3v) is 5.34. The standard InChI is InChI=1S/C20H27NO5/c22-19(15-2-1-3-16(12-15)20(23)24)21-17-4-6-18(7-5-17)26-13-14-8-10-25-11-9-14/h4-7,14-16H,1-3,8-13H2,(H,21,22)(H,23,24). The molecule has 6 nitrogen and oxygen atoms in total. The van der Waals surface area contributed by atoms with Gasteiger partial charge in [-0.1, -0.05) is 6.42 Å². The normalized spacial score (nSPS) is 24.0. The SMILES string of the molecule is O=C(O)C1CCCC(C(=O)Nc2ccc(OCC3CCOCC3)cc2)C1. The lowest BCUT2D eigenvalue weighted by Crippen LogP contribution is -2.30. The molecule has 26 heavy (non-hydrogen) atoms. The number of carboxylic acids is 1. The summed E-state index contributed by atoms with van der Waals surface area (Å²) in [6, 6.07) is 7.37. The third-order valence-electron chi connectivity index (χ3n) is 5.34. The average molecular weight is 361 g/mol. The number of nitrogens with one attached hydrogen (secondary N) is 1. The molecule has 3 rings (SSSR count). The smallest absolute Gasteiger partial charge is 0.306 e. The Kier molecular flexibility index (Phi) is 6.50. The largest absolute Gasteiger partial charge is 0.493 e. The highest BCUT2D eigenvalue weighted by Crippen LogP contribution is 2.30. The molecule has 2 N–H and O–H groups in total. The molecule has 1 amide bonds. The van der Waals surface area contributed by atoms with Crippen molar-refractivity contribution in [3.05, 3.63) is 24.3 Å². The molecule has 1 heterocycles. The summed E-state index contributed by atoms with van der Waals surface area (Å²) in [5.41, 5.74) is 0.714. The van der Waals surface area contributed by atoms with Crippen LogP contribution in [-0.2, 0) is 14.3 Å². The number of amides is 1. The fraction of sp³-hybridized carbons (Fsp3) is 0.600. The first kappa shape index (κ1) is 18.7. The summed E-state index contributed by atoms with van der Waals surface area (Å²) < 4.78 is 11.2. The first-order valence-electron chi connectivity index (χ1n) is 9.46. The Morgan fingerprint density at radius 1 is 1.08 bits per heavy atom. The predicted octanol–water partition coefficient (Wildman–Crippen LogP) is 3.32. The average Bonchev–Trinajstić information content (AvgIpc) is 2.68. The summed E-state index contributed by atoms with van der Waals surface area (Å²) in [5, 5.41) is 12.1. The quantitative estimate of drug-likeness (QED) is 0.812. The molecule has 2 atom stereocenters. The highest BCUT2D eigenvalue weighted by Gasteiger charge is 2.31. The molecule has 1 aliphatic carbocycles. The monoisotopic (exact) mass is 361 g/mol. The van der Waals surface area contributed by atoms with E-state index in [-0.39, 0.29) is 11.8 Å². The number of carbonyl (C=O) groups is 2. The van der Waals surface area contributed by atoms with Gasteiger partial charge in [0.15, 0.2) is 0 Å². The van der Waals surface area contributed by atoms with Crippen LogP contribution in [0.1, 0.15) is 38.5 Å². The van der Waals surface area contributed by atoms with Gasteiger partial charge in [0.2, 0.25) is 5.91 Å². The zero-order chi connectivity index (χ0) is 18.4. The molecule has 0 radical (unpaired) electrons. The fourth-order valence-electron chi connectivity index (χ4n) is 3.66. The highest BCUT2D eigenvalue weighted by atomic mass is 16.5. The van der Waals surface area contributed by atoms with E-state index in [4.69, 9.17) is 14.6 Å². The first-order valence-corrected chi connectivity index (χ1v) is 9.46. The molecule has 0 bridgehead atoms. The van der Waals surface area contributed by atoms with Crippen molar-refractivity contribution in [1.82, 2.24) is 0 Å². The summed E-state index contributed by atoms with van der Waals surface area (Å²) in [7, 11) is 0. The zero-order valence-electron chi connectivity index (χ0n) is 15.0. The van der Waals surface area contributed by atoms with Crippen molar-refractivity contribution in [3.63, 3.8) is 0 Å². The first-order chi connectivity index (χ1) is 12.6. The van der Waals surface area contributed by atoms with Crippen molar-refractivity contribution in [2.75, 3.05) is 25.1 Å². The molecule has 2 unspecified atom stereocenters. The van der Waals surface area contributed by atoms with Gasteiger partial charge in [-0.25, -0.2) is 0 Å². The third kappa shape index (κ3) is 5.21. The number of rotatable bonds is 6. The van der Waals surface area contributed by atoms with Crippen molar-refractivity contribution in [1.29, 1.82) is 0 Å². The highest BCUT2D eigenvalue weighted by molar-refractivity contribution is 5.93. The second-order valence-electron chi connectivity index (χ2n) is 7.28. The lowest BCUT2D eigenvalue weighted by atomic mass is 9.81. The molecule has 1 aromatic rings. The van der Waals surface area contributed by atoms with Crippen molar-refractivity contribution >= 4 is 17.6 Å². The summed E-state index contributed by atoms with van der Waals surface area (Å²) in [6.07, 6.45) is 4.70. The van der Waals surface area contributed by atoms with Crippen LogP contribution in [0.25, 0.3) is 0 Å². The topological polar surface area (TPSA) is 84.9 Å². The van der Waals surface area contributed by atoms with Crippen molar-refractivity contribution in [2.45, 2.75) is 38.5 Å². The second kappa shape index (κ2) is 9.03. The number of ether oxygens (including phenoxy) is 2. The van der Waals surface area contributed by atoms with Crippen LogP contribution in [0.3, 0.4) is 0 Å². The van der Waals surface area contributed by atoms with Crippen LogP contribution >= 0.6 is 0 Å². The number of carbonyl (C=O) groups excluding carboxylic acids is 1. The van der Waals surface area contributed by atoms with E-state index in [1.165, 1.54) is 0 Å². The van der Waals surface area contributed by atoms with Gasteiger partial charge < -0.3 is 19.9 Å². The number of hydrogen-bond donors (Lipinski definition) is 2. The van der Waals surface area contributed by atoms with Gasteiger partial charge in [-0.2, -0.15) is 0 Å². The van der Waals surface area contributed by atoms with Crippen LogP contribution in [0.4, 0.5) is 5.69 Å². The van der Waals surface area contributed by atoms with Gasteiger partial charge in [0.25, 0.3) is 0 Å². The number of benzene rings is 1. The van der Waals surface area contributed by atoms with Crippen LogP contribution in [-0.4, -0.2) is 36.8 Å². The Morgan fingerprint density at radius 3 is 2.46 bits per heavy atom. The van der Waals surface area contributed by atoms with E-state index in [1.54, 1.807) is 0 Å². The van der Waals surface area contributed by atoms with Gasteiger partial charge in [0, 0.05) is 24.8 Å². The maximum Gasteiger partial charge on any atom is 0.306 e. The van der Waals surface area contributed by atoms with Crippen LogP contribution in [0.15, 0.2) is 24.3 Å². The molecule has 142 valence electrons. The lowest BCUT2D eigenvalue weighted by molar-refractivity contribution is -0.143. The van der Waals surface area contributed by atoms with Gasteiger partial charge in [0.05, 0.1) is 12.5 Å². The molecular formula is C20H27NO5. The number of aliphatic carboxylic acids is 1. The predicted molar refractivity (Wildman–Crippen MR) is 97.2 cm³/mol. The van der Waals surface area contributed by atoms with Crippen LogP contribution in [0, 0.1) is 17.8 Å². The Labute approximate surface area is 153 Å². The van der Waals surface area contributed by atoms with Gasteiger partial charge in [0.1, 0.15) is 5.75 Å². The Hall–Kier alpha value is -2.08.